The molecular weight excluding hydrogens is 212 g/mol. The summed E-state index contributed by atoms with van der Waals surface area (Å²) in [4.78, 5) is 10.6. The zero-order valence-corrected chi connectivity index (χ0v) is 9.54. The van der Waals surface area contributed by atoms with Crippen LogP contribution in [0.25, 0.3) is 0 Å². The van der Waals surface area contributed by atoms with Gasteiger partial charge in [0.1, 0.15) is 0 Å². The van der Waals surface area contributed by atoms with Crippen molar-refractivity contribution in [2.45, 2.75) is 18.9 Å². The van der Waals surface area contributed by atoms with E-state index in [0.29, 0.717) is 11.1 Å². The SMILES string of the molecule is CN(c1ncc(Cl)cn1)C1CCNCC1. The monoisotopic (exact) mass is 226 g/mol. The van der Waals surface area contributed by atoms with Gasteiger partial charge in [-0.25, -0.2) is 9.97 Å². The highest BCUT2D eigenvalue weighted by molar-refractivity contribution is 6.30. The van der Waals surface area contributed by atoms with E-state index in [4.69, 9.17) is 11.6 Å². The Labute approximate surface area is 94.7 Å². The first kappa shape index (κ1) is 10.6. The van der Waals surface area contributed by atoms with Crippen LogP contribution in [0.15, 0.2) is 12.4 Å². The highest BCUT2D eigenvalue weighted by atomic mass is 35.5. The molecule has 5 heteroatoms. The summed E-state index contributed by atoms with van der Waals surface area (Å²) in [5.74, 6) is 0.756. The van der Waals surface area contributed by atoms with Crippen molar-refractivity contribution < 1.29 is 0 Å². The third kappa shape index (κ3) is 2.58. The molecule has 1 aromatic heterocycles. The van der Waals surface area contributed by atoms with Gasteiger partial charge >= 0.3 is 0 Å². The van der Waals surface area contributed by atoms with Crippen LogP contribution >= 0.6 is 11.6 Å². The van der Waals surface area contributed by atoms with Gasteiger partial charge in [0.2, 0.25) is 5.95 Å². The molecule has 82 valence electrons. The van der Waals surface area contributed by atoms with Crippen molar-refractivity contribution in [3.05, 3.63) is 17.4 Å². The minimum Gasteiger partial charge on any atom is -0.341 e. The summed E-state index contributed by atoms with van der Waals surface area (Å²) < 4.78 is 0. The predicted octanol–water partition coefficient (Wildman–Crippen LogP) is 1.32. The summed E-state index contributed by atoms with van der Waals surface area (Å²) in [6, 6.07) is 0.535. The second-order valence-electron chi connectivity index (χ2n) is 3.79. The second-order valence-corrected chi connectivity index (χ2v) is 4.23. The molecule has 1 N–H and O–H groups in total. The predicted molar refractivity (Wildman–Crippen MR) is 61.3 cm³/mol. The fraction of sp³-hybridized carbons (Fsp3) is 0.600. The molecule has 2 rings (SSSR count). The Bertz CT molecular complexity index is 308. The average molecular weight is 227 g/mol. The Balaban J connectivity index is 2.05. The molecule has 1 fully saturated rings. The third-order valence-electron chi connectivity index (χ3n) is 2.78. The number of piperidine rings is 1. The van der Waals surface area contributed by atoms with Gasteiger partial charge in [-0.05, 0) is 25.9 Å². The smallest absolute Gasteiger partial charge is 0.225 e. The van der Waals surface area contributed by atoms with Crippen molar-refractivity contribution in [1.82, 2.24) is 15.3 Å². The summed E-state index contributed by atoms with van der Waals surface area (Å²) in [5, 5.41) is 3.92. The maximum atomic E-state index is 5.75. The van der Waals surface area contributed by atoms with Crippen molar-refractivity contribution >= 4 is 17.5 Å². The van der Waals surface area contributed by atoms with Crippen LogP contribution in [-0.4, -0.2) is 36.1 Å². The summed E-state index contributed by atoms with van der Waals surface area (Å²) in [7, 11) is 2.04. The minimum atomic E-state index is 0.535. The van der Waals surface area contributed by atoms with Gasteiger partial charge in [0.05, 0.1) is 17.4 Å². The lowest BCUT2D eigenvalue weighted by Gasteiger charge is -2.31. The molecule has 1 aromatic rings. The van der Waals surface area contributed by atoms with Gasteiger partial charge in [0.25, 0.3) is 0 Å². The number of rotatable bonds is 2. The second kappa shape index (κ2) is 4.77. The number of hydrogen-bond donors (Lipinski definition) is 1. The first-order chi connectivity index (χ1) is 7.27. The van der Waals surface area contributed by atoms with Crippen molar-refractivity contribution in [1.29, 1.82) is 0 Å². The van der Waals surface area contributed by atoms with E-state index in [9.17, 15) is 0 Å². The van der Waals surface area contributed by atoms with Crippen LogP contribution in [0, 0.1) is 0 Å². The Morgan fingerprint density at radius 2 is 1.93 bits per heavy atom. The Morgan fingerprint density at radius 3 is 2.53 bits per heavy atom. The van der Waals surface area contributed by atoms with E-state index >= 15 is 0 Å². The van der Waals surface area contributed by atoms with E-state index in [2.05, 4.69) is 20.2 Å². The Hall–Kier alpha value is -0.870. The third-order valence-corrected chi connectivity index (χ3v) is 2.97. The van der Waals surface area contributed by atoms with Crippen LogP contribution in [0.3, 0.4) is 0 Å². The first-order valence-corrected chi connectivity index (χ1v) is 5.56. The molecule has 0 spiro atoms. The van der Waals surface area contributed by atoms with Crippen LogP contribution in [0.2, 0.25) is 5.02 Å². The van der Waals surface area contributed by atoms with Gasteiger partial charge in [-0.2, -0.15) is 0 Å². The Kier molecular flexibility index (Phi) is 3.38. The molecule has 0 atom stereocenters. The standard InChI is InChI=1S/C10H15ClN4/c1-15(9-2-4-12-5-3-9)10-13-6-8(11)7-14-10/h6-7,9,12H,2-5H2,1H3. The number of nitrogens with zero attached hydrogens (tertiary/aromatic N) is 3. The van der Waals surface area contributed by atoms with E-state index in [0.717, 1.165) is 31.9 Å². The minimum absolute atomic E-state index is 0.535. The molecule has 0 bridgehead atoms. The molecule has 1 aliphatic rings. The highest BCUT2D eigenvalue weighted by Gasteiger charge is 2.19. The fourth-order valence-corrected chi connectivity index (χ4v) is 1.94. The molecule has 15 heavy (non-hydrogen) atoms. The van der Waals surface area contributed by atoms with E-state index in [1.165, 1.54) is 0 Å². The largest absolute Gasteiger partial charge is 0.341 e. The molecule has 4 nitrogen and oxygen atoms in total. The van der Waals surface area contributed by atoms with Crippen LogP contribution in [0.4, 0.5) is 5.95 Å². The topological polar surface area (TPSA) is 41.1 Å². The summed E-state index contributed by atoms with van der Waals surface area (Å²) in [6.07, 6.45) is 5.56. The van der Waals surface area contributed by atoms with Gasteiger partial charge in [-0.3, -0.25) is 0 Å². The fourth-order valence-electron chi connectivity index (χ4n) is 1.84. The normalized spacial score (nSPS) is 17.7. The van der Waals surface area contributed by atoms with Gasteiger partial charge in [0, 0.05) is 13.1 Å². The molecule has 0 unspecified atom stereocenters. The van der Waals surface area contributed by atoms with E-state index < -0.39 is 0 Å². The molecule has 2 heterocycles. The summed E-state index contributed by atoms with van der Waals surface area (Å²) >= 11 is 5.75. The zero-order valence-electron chi connectivity index (χ0n) is 8.78. The highest BCUT2D eigenvalue weighted by Crippen LogP contribution is 2.16. The lowest BCUT2D eigenvalue weighted by atomic mass is 10.1. The van der Waals surface area contributed by atoms with E-state index in [-0.39, 0.29) is 0 Å². The molecular formula is C10H15ClN4. The summed E-state index contributed by atoms with van der Waals surface area (Å²) in [6.45, 7) is 2.14. The van der Waals surface area contributed by atoms with Crippen LogP contribution < -0.4 is 10.2 Å². The summed E-state index contributed by atoms with van der Waals surface area (Å²) in [5.41, 5.74) is 0. The lowest BCUT2D eigenvalue weighted by molar-refractivity contribution is 0.439. The molecule has 1 aliphatic heterocycles. The van der Waals surface area contributed by atoms with Gasteiger partial charge in [-0.1, -0.05) is 11.6 Å². The maximum Gasteiger partial charge on any atom is 0.225 e. The lowest BCUT2D eigenvalue weighted by Crippen LogP contribution is -2.41. The molecule has 0 aromatic carbocycles. The van der Waals surface area contributed by atoms with Crippen molar-refractivity contribution in [3.63, 3.8) is 0 Å². The van der Waals surface area contributed by atoms with Crippen LogP contribution in [0.1, 0.15) is 12.8 Å². The number of aromatic nitrogens is 2. The number of anilines is 1. The average Bonchev–Trinajstić information content (AvgIpc) is 2.30. The van der Waals surface area contributed by atoms with Crippen LogP contribution in [-0.2, 0) is 0 Å². The Morgan fingerprint density at radius 1 is 1.33 bits per heavy atom. The van der Waals surface area contributed by atoms with Gasteiger partial charge in [0.15, 0.2) is 0 Å². The molecule has 1 saturated heterocycles. The zero-order chi connectivity index (χ0) is 10.7. The number of hydrogen-bond acceptors (Lipinski definition) is 4. The van der Waals surface area contributed by atoms with Gasteiger partial charge in [-0.15, -0.1) is 0 Å². The first-order valence-electron chi connectivity index (χ1n) is 5.18. The van der Waals surface area contributed by atoms with Crippen LogP contribution in [0.5, 0.6) is 0 Å². The molecule has 0 aliphatic carbocycles. The van der Waals surface area contributed by atoms with E-state index in [1.807, 2.05) is 7.05 Å². The quantitative estimate of drug-likeness (QED) is 0.826. The van der Waals surface area contributed by atoms with E-state index in [1.54, 1.807) is 12.4 Å². The molecule has 0 amide bonds. The van der Waals surface area contributed by atoms with Crippen molar-refractivity contribution in [3.8, 4) is 0 Å². The van der Waals surface area contributed by atoms with Gasteiger partial charge < -0.3 is 10.2 Å². The number of nitrogens with one attached hydrogen (secondary N) is 1. The molecule has 0 saturated carbocycles. The number of halogens is 1. The maximum absolute atomic E-state index is 5.75. The van der Waals surface area contributed by atoms with Crippen molar-refractivity contribution in [2.75, 3.05) is 25.0 Å². The molecule has 0 radical (unpaired) electrons. The van der Waals surface area contributed by atoms with Crippen molar-refractivity contribution in [2.24, 2.45) is 0 Å².